The topological polar surface area (TPSA) is 20.3 Å². The molecule has 1 aromatic rings. The fraction of sp³-hybridized carbons (Fsp3) is 0.615. The van der Waals surface area contributed by atoms with Gasteiger partial charge >= 0.3 is 0 Å². The molecule has 0 spiro atoms. The zero-order valence-corrected chi connectivity index (χ0v) is 11.5. The Balaban J connectivity index is 1.93. The predicted molar refractivity (Wildman–Crippen MR) is 72.6 cm³/mol. The Labute approximate surface area is 112 Å². The highest BCUT2D eigenvalue weighted by atomic mass is 35.5. The van der Waals surface area contributed by atoms with Gasteiger partial charge in [0.15, 0.2) is 0 Å². The molecule has 1 amide bonds. The molecule has 2 nitrogen and oxygen atoms in total. The van der Waals surface area contributed by atoms with Crippen LogP contribution in [0.25, 0.3) is 0 Å². The van der Waals surface area contributed by atoms with Crippen LogP contribution >= 0.6 is 22.9 Å². The van der Waals surface area contributed by atoms with Crippen LogP contribution in [0, 0.1) is 0 Å². The molecule has 1 aromatic heterocycles. The monoisotopic (exact) mass is 271 g/mol. The highest BCUT2D eigenvalue weighted by molar-refractivity contribution is 7.07. The third kappa shape index (κ3) is 3.23. The van der Waals surface area contributed by atoms with Crippen LogP contribution in [0.1, 0.15) is 43.7 Å². The second-order valence-electron chi connectivity index (χ2n) is 4.45. The van der Waals surface area contributed by atoms with Gasteiger partial charge in [-0.05, 0) is 48.1 Å². The zero-order chi connectivity index (χ0) is 12.1. The summed E-state index contributed by atoms with van der Waals surface area (Å²) >= 11 is 7.34. The lowest BCUT2D eigenvalue weighted by molar-refractivity contribution is -0.132. The molecular weight excluding hydrogens is 254 g/mol. The second kappa shape index (κ2) is 6.41. The Morgan fingerprint density at radius 3 is 3.12 bits per heavy atom. The summed E-state index contributed by atoms with van der Waals surface area (Å²) in [5, 5.41) is 4.25. The normalized spacial score (nSPS) is 19.8. The van der Waals surface area contributed by atoms with Crippen molar-refractivity contribution in [2.75, 3.05) is 12.4 Å². The maximum atomic E-state index is 12.1. The Kier molecular flexibility index (Phi) is 4.86. The minimum atomic E-state index is 0.295. The van der Waals surface area contributed by atoms with Crippen LogP contribution in [0.15, 0.2) is 16.8 Å². The lowest BCUT2D eigenvalue weighted by Crippen LogP contribution is -2.30. The minimum Gasteiger partial charge on any atom is -0.336 e. The van der Waals surface area contributed by atoms with Crippen molar-refractivity contribution in [1.29, 1.82) is 0 Å². The Hall–Kier alpha value is -0.540. The van der Waals surface area contributed by atoms with Gasteiger partial charge in [0.1, 0.15) is 0 Å². The summed E-state index contributed by atoms with van der Waals surface area (Å²) in [7, 11) is 0. The summed E-state index contributed by atoms with van der Waals surface area (Å²) in [5.41, 5.74) is 1.30. The fourth-order valence-electron chi connectivity index (χ4n) is 2.39. The first kappa shape index (κ1) is 12.9. The maximum Gasteiger partial charge on any atom is 0.223 e. The first-order valence-electron chi connectivity index (χ1n) is 6.20. The molecular formula is C13H18ClNOS. The smallest absolute Gasteiger partial charge is 0.223 e. The third-order valence-corrected chi connectivity index (χ3v) is 4.24. The molecule has 17 heavy (non-hydrogen) atoms. The molecule has 2 rings (SSSR count). The van der Waals surface area contributed by atoms with Crippen molar-refractivity contribution in [3.05, 3.63) is 22.4 Å². The van der Waals surface area contributed by atoms with Crippen LogP contribution in [0.3, 0.4) is 0 Å². The molecule has 0 N–H and O–H groups in total. The fourth-order valence-corrected chi connectivity index (χ4v) is 3.29. The number of unbranched alkanes of at least 4 members (excludes halogenated alkanes) is 1. The molecule has 2 heterocycles. The molecule has 4 heteroatoms. The molecule has 0 bridgehead atoms. The molecule has 1 atom stereocenters. The highest BCUT2D eigenvalue weighted by Crippen LogP contribution is 2.33. The molecule has 1 unspecified atom stereocenters. The zero-order valence-electron chi connectivity index (χ0n) is 9.90. The van der Waals surface area contributed by atoms with Crippen molar-refractivity contribution in [3.63, 3.8) is 0 Å². The number of nitrogens with zero attached hydrogens (tertiary/aromatic N) is 1. The largest absolute Gasteiger partial charge is 0.336 e. The lowest BCUT2D eigenvalue weighted by atomic mass is 10.1. The first-order chi connectivity index (χ1) is 8.33. The number of carbonyl (C=O) groups is 1. The van der Waals surface area contributed by atoms with E-state index in [1.807, 2.05) is 0 Å². The van der Waals surface area contributed by atoms with Crippen LogP contribution in [0.4, 0.5) is 0 Å². The Bertz CT molecular complexity index is 352. The maximum absolute atomic E-state index is 12.1. The number of amides is 1. The van der Waals surface area contributed by atoms with Gasteiger partial charge in [0.25, 0.3) is 0 Å². The quantitative estimate of drug-likeness (QED) is 0.589. The van der Waals surface area contributed by atoms with Gasteiger partial charge in [0, 0.05) is 18.8 Å². The van der Waals surface area contributed by atoms with E-state index in [2.05, 4.69) is 21.7 Å². The summed E-state index contributed by atoms with van der Waals surface area (Å²) in [6, 6.07) is 2.46. The molecule has 1 fully saturated rings. The molecule has 0 aliphatic carbocycles. The molecule has 1 aliphatic heterocycles. The van der Waals surface area contributed by atoms with Gasteiger partial charge in [0.2, 0.25) is 5.91 Å². The first-order valence-corrected chi connectivity index (χ1v) is 7.68. The summed E-state index contributed by atoms with van der Waals surface area (Å²) < 4.78 is 0. The second-order valence-corrected chi connectivity index (χ2v) is 5.61. The van der Waals surface area contributed by atoms with Gasteiger partial charge in [-0.2, -0.15) is 11.3 Å². The average Bonchev–Trinajstić information content (AvgIpc) is 2.99. The number of rotatable bonds is 5. The third-order valence-electron chi connectivity index (χ3n) is 3.28. The van der Waals surface area contributed by atoms with Crippen LogP contribution in [-0.2, 0) is 4.79 Å². The predicted octanol–water partition coefficient (Wildman–Crippen LogP) is 3.82. The van der Waals surface area contributed by atoms with Gasteiger partial charge in [-0.1, -0.05) is 0 Å². The summed E-state index contributed by atoms with van der Waals surface area (Å²) in [6.07, 6.45) is 4.73. The van der Waals surface area contributed by atoms with E-state index in [9.17, 15) is 4.79 Å². The number of thiophene rings is 1. The number of likely N-dealkylation sites (tertiary alicyclic amines) is 1. The number of carbonyl (C=O) groups excluding carboxylic acids is 1. The lowest BCUT2D eigenvalue weighted by Gasteiger charge is -2.24. The van der Waals surface area contributed by atoms with E-state index >= 15 is 0 Å². The molecule has 0 saturated carbocycles. The van der Waals surface area contributed by atoms with Gasteiger partial charge in [-0.25, -0.2) is 0 Å². The summed E-state index contributed by atoms with van der Waals surface area (Å²) in [4.78, 5) is 14.2. The van der Waals surface area contributed by atoms with Gasteiger partial charge in [-0.15, -0.1) is 11.6 Å². The molecule has 1 saturated heterocycles. The summed E-state index contributed by atoms with van der Waals surface area (Å²) in [5.74, 6) is 0.949. The van der Waals surface area contributed by atoms with E-state index in [-0.39, 0.29) is 0 Å². The van der Waals surface area contributed by atoms with Crippen LogP contribution in [-0.4, -0.2) is 23.2 Å². The van der Waals surface area contributed by atoms with Crippen molar-refractivity contribution in [1.82, 2.24) is 4.90 Å². The molecule has 1 aliphatic rings. The van der Waals surface area contributed by atoms with Crippen molar-refractivity contribution in [2.45, 2.75) is 38.1 Å². The Morgan fingerprint density at radius 1 is 1.53 bits per heavy atom. The van der Waals surface area contributed by atoms with E-state index in [1.165, 1.54) is 5.56 Å². The van der Waals surface area contributed by atoms with Crippen molar-refractivity contribution >= 4 is 28.8 Å². The summed E-state index contributed by atoms with van der Waals surface area (Å²) in [6.45, 7) is 0.917. The molecule has 0 aromatic carbocycles. The molecule has 0 radical (unpaired) electrons. The van der Waals surface area contributed by atoms with E-state index < -0.39 is 0 Å². The standard InChI is InChI=1S/C13H18ClNOS/c14-7-2-1-5-13(16)15-8-3-4-12(15)11-6-9-17-10-11/h6,9-10,12H,1-5,7-8H2. The highest BCUT2D eigenvalue weighted by Gasteiger charge is 2.29. The van der Waals surface area contributed by atoms with E-state index in [1.54, 1.807) is 11.3 Å². The average molecular weight is 272 g/mol. The number of halogens is 1. The van der Waals surface area contributed by atoms with E-state index in [0.717, 1.165) is 32.2 Å². The molecule has 94 valence electrons. The van der Waals surface area contributed by atoms with Crippen molar-refractivity contribution in [3.8, 4) is 0 Å². The van der Waals surface area contributed by atoms with Crippen LogP contribution < -0.4 is 0 Å². The number of hydrogen-bond donors (Lipinski definition) is 0. The van der Waals surface area contributed by atoms with Crippen LogP contribution in [0.5, 0.6) is 0 Å². The van der Waals surface area contributed by atoms with Gasteiger partial charge in [-0.3, -0.25) is 4.79 Å². The SMILES string of the molecule is O=C(CCCCCl)N1CCCC1c1ccsc1. The van der Waals surface area contributed by atoms with E-state index in [4.69, 9.17) is 11.6 Å². The van der Waals surface area contributed by atoms with Gasteiger partial charge in [0.05, 0.1) is 6.04 Å². The number of hydrogen-bond acceptors (Lipinski definition) is 2. The van der Waals surface area contributed by atoms with E-state index in [0.29, 0.717) is 24.2 Å². The van der Waals surface area contributed by atoms with Crippen molar-refractivity contribution < 1.29 is 4.79 Å². The van der Waals surface area contributed by atoms with Crippen molar-refractivity contribution in [2.24, 2.45) is 0 Å². The van der Waals surface area contributed by atoms with Gasteiger partial charge < -0.3 is 4.90 Å². The van der Waals surface area contributed by atoms with Crippen LogP contribution in [0.2, 0.25) is 0 Å². The minimum absolute atomic E-state index is 0.295. The number of alkyl halides is 1. The Morgan fingerprint density at radius 2 is 2.41 bits per heavy atom.